The Hall–Kier alpha value is -2.13. The van der Waals surface area contributed by atoms with E-state index in [4.69, 9.17) is 0 Å². The second-order valence-electron chi connectivity index (χ2n) is 4.43. The molecule has 1 heterocycles. The van der Waals surface area contributed by atoms with Crippen molar-refractivity contribution >= 4 is 28.3 Å². The fraction of sp³-hybridized carbons (Fsp3) is 0.0588. The molecule has 0 saturated carbocycles. The van der Waals surface area contributed by atoms with Gasteiger partial charge in [-0.05, 0) is 23.6 Å². The molecular weight excluding hydrogens is 266 g/mol. The highest BCUT2D eigenvalue weighted by Crippen LogP contribution is 2.22. The third kappa shape index (κ3) is 2.73. The molecule has 0 fully saturated rings. The van der Waals surface area contributed by atoms with Crippen molar-refractivity contribution in [1.29, 1.82) is 0 Å². The van der Waals surface area contributed by atoms with E-state index in [0.717, 1.165) is 21.2 Å². The molecule has 0 unspecified atom stereocenters. The van der Waals surface area contributed by atoms with Crippen molar-refractivity contribution in [2.24, 2.45) is 0 Å². The summed E-state index contributed by atoms with van der Waals surface area (Å²) in [5.41, 5.74) is 0.749. The van der Waals surface area contributed by atoms with Crippen LogP contribution in [0.4, 0.5) is 0 Å². The van der Waals surface area contributed by atoms with Gasteiger partial charge in [-0.2, -0.15) is 0 Å². The maximum absolute atomic E-state index is 12.4. The molecule has 0 aliphatic heterocycles. The molecule has 0 aliphatic carbocycles. The van der Waals surface area contributed by atoms with E-state index >= 15 is 0 Å². The minimum atomic E-state index is 0.137. The highest BCUT2D eigenvalue weighted by Gasteiger charge is 2.10. The summed E-state index contributed by atoms with van der Waals surface area (Å²) in [6, 6.07) is 17.7. The summed E-state index contributed by atoms with van der Waals surface area (Å²) in [5, 5.41) is 1.98. The molecule has 0 bridgehead atoms. The largest absolute Gasteiger partial charge is 0.293 e. The standard InChI is InChI=1S/C17H13NOS/c19-17(12-20-14-6-2-1-3-7-14)15-8-4-5-13-9-10-18-11-16(13)15/h1-11H,12H2. The van der Waals surface area contributed by atoms with Crippen LogP contribution in [0.1, 0.15) is 10.4 Å². The normalized spacial score (nSPS) is 10.6. The van der Waals surface area contributed by atoms with Gasteiger partial charge in [-0.15, -0.1) is 11.8 Å². The lowest BCUT2D eigenvalue weighted by Gasteiger charge is -2.05. The summed E-state index contributed by atoms with van der Waals surface area (Å²) in [5.74, 6) is 0.579. The van der Waals surface area contributed by atoms with Crippen molar-refractivity contribution in [2.75, 3.05) is 5.75 Å². The van der Waals surface area contributed by atoms with Gasteiger partial charge < -0.3 is 0 Å². The Balaban J connectivity index is 1.82. The van der Waals surface area contributed by atoms with Crippen molar-refractivity contribution in [1.82, 2.24) is 4.98 Å². The molecular formula is C17H13NOS. The van der Waals surface area contributed by atoms with Crippen molar-refractivity contribution in [3.8, 4) is 0 Å². The Morgan fingerprint density at radius 2 is 1.85 bits per heavy atom. The molecule has 3 rings (SSSR count). The van der Waals surface area contributed by atoms with Crippen LogP contribution in [0.5, 0.6) is 0 Å². The molecule has 98 valence electrons. The number of rotatable bonds is 4. The number of hydrogen-bond donors (Lipinski definition) is 0. The van der Waals surface area contributed by atoms with E-state index in [1.807, 2.05) is 54.6 Å². The van der Waals surface area contributed by atoms with Crippen molar-refractivity contribution < 1.29 is 4.79 Å². The SMILES string of the molecule is O=C(CSc1ccccc1)c1cccc2ccncc12. The van der Waals surface area contributed by atoms with Gasteiger partial charge in [0.25, 0.3) is 0 Å². The van der Waals surface area contributed by atoms with Gasteiger partial charge in [0, 0.05) is 28.2 Å². The summed E-state index contributed by atoms with van der Waals surface area (Å²) < 4.78 is 0. The lowest BCUT2D eigenvalue weighted by Crippen LogP contribution is -2.03. The number of hydrogen-bond acceptors (Lipinski definition) is 3. The van der Waals surface area contributed by atoms with E-state index in [1.54, 1.807) is 24.2 Å². The van der Waals surface area contributed by atoms with E-state index < -0.39 is 0 Å². The van der Waals surface area contributed by atoms with Gasteiger partial charge in [-0.1, -0.05) is 36.4 Å². The predicted octanol–water partition coefficient (Wildman–Crippen LogP) is 4.21. The van der Waals surface area contributed by atoms with Gasteiger partial charge >= 0.3 is 0 Å². The number of fused-ring (bicyclic) bond motifs is 1. The average molecular weight is 279 g/mol. The number of pyridine rings is 1. The van der Waals surface area contributed by atoms with Gasteiger partial charge in [0.15, 0.2) is 5.78 Å². The lowest BCUT2D eigenvalue weighted by atomic mass is 10.0. The van der Waals surface area contributed by atoms with E-state index in [1.165, 1.54) is 0 Å². The van der Waals surface area contributed by atoms with E-state index in [-0.39, 0.29) is 5.78 Å². The molecule has 3 heteroatoms. The van der Waals surface area contributed by atoms with Crippen molar-refractivity contribution in [3.63, 3.8) is 0 Å². The fourth-order valence-corrected chi connectivity index (χ4v) is 2.90. The van der Waals surface area contributed by atoms with Crippen LogP contribution in [0.3, 0.4) is 0 Å². The number of carbonyl (C=O) groups excluding carboxylic acids is 1. The second-order valence-corrected chi connectivity index (χ2v) is 5.48. The fourth-order valence-electron chi connectivity index (χ4n) is 2.10. The van der Waals surface area contributed by atoms with Crippen molar-refractivity contribution in [2.45, 2.75) is 4.90 Å². The van der Waals surface area contributed by atoms with Crippen LogP contribution in [0.15, 0.2) is 71.9 Å². The van der Waals surface area contributed by atoms with Crippen LogP contribution in [-0.4, -0.2) is 16.5 Å². The molecule has 20 heavy (non-hydrogen) atoms. The molecule has 0 atom stereocenters. The first kappa shape index (κ1) is 12.9. The van der Waals surface area contributed by atoms with Gasteiger partial charge in [0.1, 0.15) is 0 Å². The summed E-state index contributed by atoms with van der Waals surface area (Å²) in [7, 11) is 0. The molecule has 0 N–H and O–H groups in total. The Kier molecular flexibility index (Phi) is 3.79. The number of nitrogens with zero attached hydrogens (tertiary/aromatic N) is 1. The zero-order valence-corrected chi connectivity index (χ0v) is 11.6. The number of Topliss-reactive ketones (excluding diaryl/α,β-unsaturated/α-hetero) is 1. The zero-order valence-electron chi connectivity index (χ0n) is 10.8. The molecule has 0 radical (unpaired) electrons. The minimum absolute atomic E-state index is 0.137. The third-order valence-electron chi connectivity index (χ3n) is 3.10. The van der Waals surface area contributed by atoms with Gasteiger partial charge in [0.2, 0.25) is 0 Å². The van der Waals surface area contributed by atoms with Gasteiger partial charge in [0.05, 0.1) is 5.75 Å². The van der Waals surface area contributed by atoms with Crippen LogP contribution in [0, 0.1) is 0 Å². The maximum atomic E-state index is 12.4. The molecule has 0 spiro atoms. The molecule has 0 amide bonds. The lowest BCUT2D eigenvalue weighted by molar-refractivity contribution is 0.102. The van der Waals surface area contributed by atoms with E-state index in [9.17, 15) is 4.79 Å². The third-order valence-corrected chi connectivity index (χ3v) is 4.11. The minimum Gasteiger partial charge on any atom is -0.293 e. The second kappa shape index (κ2) is 5.88. The summed E-state index contributed by atoms with van der Waals surface area (Å²) in [6.07, 6.45) is 3.51. The quantitative estimate of drug-likeness (QED) is 0.529. The Morgan fingerprint density at radius 1 is 1.00 bits per heavy atom. The van der Waals surface area contributed by atoms with Crippen LogP contribution in [0.25, 0.3) is 10.8 Å². The average Bonchev–Trinajstić information content (AvgIpc) is 2.53. The van der Waals surface area contributed by atoms with Crippen LogP contribution >= 0.6 is 11.8 Å². The summed E-state index contributed by atoms with van der Waals surface area (Å²) >= 11 is 1.56. The Morgan fingerprint density at radius 3 is 2.70 bits per heavy atom. The zero-order chi connectivity index (χ0) is 13.8. The Labute approximate surface area is 121 Å². The maximum Gasteiger partial charge on any atom is 0.173 e. The number of thioether (sulfide) groups is 1. The van der Waals surface area contributed by atoms with Crippen LogP contribution in [0.2, 0.25) is 0 Å². The molecule has 2 nitrogen and oxygen atoms in total. The molecule has 1 aromatic heterocycles. The molecule has 2 aromatic carbocycles. The van der Waals surface area contributed by atoms with Gasteiger partial charge in [-0.25, -0.2) is 0 Å². The van der Waals surface area contributed by atoms with E-state index in [0.29, 0.717) is 5.75 Å². The van der Waals surface area contributed by atoms with Crippen molar-refractivity contribution in [3.05, 3.63) is 72.6 Å². The van der Waals surface area contributed by atoms with Crippen LogP contribution in [-0.2, 0) is 0 Å². The number of benzene rings is 2. The summed E-state index contributed by atoms with van der Waals surface area (Å²) in [6.45, 7) is 0. The molecule has 0 aliphatic rings. The topological polar surface area (TPSA) is 30.0 Å². The van der Waals surface area contributed by atoms with Gasteiger partial charge in [-0.3, -0.25) is 9.78 Å². The molecule has 3 aromatic rings. The highest BCUT2D eigenvalue weighted by atomic mass is 32.2. The highest BCUT2D eigenvalue weighted by molar-refractivity contribution is 8.00. The van der Waals surface area contributed by atoms with Crippen LogP contribution < -0.4 is 0 Å². The van der Waals surface area contributed by atoms with E-state index in [2.05, 4.69) is 4.98 Å². The summed E-state index contributed by atoms with van der Waals surface area (Å²) in [4.78, 5) is 17.6. The smallest absolute Gasteiger partial charge is 0.173 e. The first-order chi connectivity index (χ1) is 9.84. The molecule has 0 saturated heterocycles. The Bertz CT molecular complexity index is 735. The predicted molar refractivity (Wildman–Crippen MR) is 83.2 cm³/mol. The first-order valence-electron chi connectivity index (χ1n) is 6.38. The monoisotopic (exact) mass is 279 g/mol. The number of carbonyl (C=O) groups is 1. The number of ketones is 1. The number of aromatic nitrogens is 1. The first-order valence-corrected chi connectivity index (χ1v) is 7.37.